The van der Waals surface area contributed by atoms with Crippen LogP contribution in [0.15, 0.2) is 30.4 Å². The Morgan fingerprint density at radius 1 is 1.08 bits per heavy atom. The zero-order valence-corrected chi connectivity index (χ0v) is 14.9. The lowest BCUT2D eigenvalue weighted by Gasteiger charge is -2.37. The molecule has 3 amide bonds. The zero-order valence-electron chi connectivity index (χ0n) is 14.9. The Morgan fingerprint density at radius 2 is 1.69 bits per heavy atom. The van der Waals surface area contributed by atoms with Gasteiger partial charge in [-0.15, -0.1) is 0 Å². The number of anilines is 1. The van der Waals surface area contributed by atoms with Gasteiger partial charge in [-0.05, 0) is 55.6 Å². The number of rotatable bonds is 3. The molecule has 0 unspecified atom stereocenters. The smallest absolute Gasteiger partial charge is 0.244 e. The monoisotopic (exact) mass is 350 g/mol. The Kier molecular flexibility index (Phi) is 3.21. The van der Waals surface area contributed by atoms with Crippen LogP contribution in [0.2, 0.25) is 0 Å². The van der Waals surface area contributed by atoms with Gasteiger partial charge in [0.15, 0.2) is 0 Å². The summed E-state index contributed by atoms with van der Waals surface area (Å²) in [4.78, 5) is 39.5. The summed E-state index contributed by atoms with van der Waals surface area (Å²) in [5.74, 6) is 0.436. The third-order valence-electron chi connectivity index (χ3n) is 6.71. The first-order chi connectivity index (χ1) is 12.5. The second kappa shape index (κ2) is 5.29. The lowest BCUT2D eigenvalue weighted by atomic mass is 9.63. The molecule has 1 aliphatic heterocycles. The maximum absolute atomic E-state index is 12.9. The molecule has 1 aromatic rings. The Labute approximate surface area is 152 Å². The Hall–Kier alpha value is -2.43. The van der Waals surface area contributed by atoms with E-state index in [0.29, 0.717) is 11.8 Å². The molecule has 6 rings (SSSR count). The van der Waals surface area contributed by atoms with Crippen LogP contribution >= 0.6 is 0 Å². The average Bonchev–Trinajstić information content (AvgIpc) is 3.39. The van der Waals surface area contributed by atoms with Gasteiger partial charge in [-0.1, -0.05) is 29.8 Å². The van der Waals surface area contributed by atoms with Crippen molar-refractivity contribution in [1.29, 1.82) is 0 Å². The molecule has 1 N–H and O–H groups in total. The van der Waals surface area contributed by atoms with Crippen LogP contribution in [0.5, 0.6) is 0 Å². The number of imide groups is 1. The fourth-order valence-corrected chi connectivity index (χ4v) is 5.46. The summed E-state index contributed by atoms with van der Waals surface area (Å²) in [5.41, 5.74) is 2.81. The maximum atomic E-state index is 12.9. The molecule has 2 saturated carbocycles. The number of nitrogens with one attached hydrogen (secondary N) is 1. The van der Waals surface area contributed by atoms with Gasteiger partial charge in [0.2, 0.25) is 17.7 Å². The molecule has 5 nitrogen and oxygen atoms in total. The van der Waals surface area contributed by atoms with Gasteiger partial charge in [0.25, 0.3) is 0 Å². The molecule has 3 fully saturated rings. The zero-order chi connectivity index (χ0) is 18.2. The lowest BCUT2D eigenvalue weighted by molar-refractivity contribution is -0.142. The number of hydrogen-bond acceptors (Lipinski definition) is 3. The molecule has 6 atom stereocenters. The molecule has 5 heteroatoms. The van der Waals surface area contributed by atoms with Crippen LogP contribution in [-0.2, 0) is 14.4 Å². The number of carbonyl (C=O) groups is 3. The van der Waals surface area contributed by atoms with E-state index in [1.165, 1.54) is 4.90 Å². The Balaban J connectivity index is 1.33. The minimum atomic E-state index is -0.317. The van der Waals surface area contributed by atoms with Gasteiger partial charge < -0.3 is 5.32 Å². The number of hydrogen-bond donors (Lipinski definition) is 1. The van der Waals surface area contributed by atoms with Gasteiger partial charge in [0.1, 0.15) is 6.54 Å². The van der Waals surface area contributed by atoms with Crippen molar-refractivity contribution in [2.24, 2.45) is 35.5 Å². The van der Waals surface area contributed by atoms with E-state index >= 15 is 0 Å². The summed E-state index contributed by atoms with van der Waals surface area (Å²) in [5, 5.41) is 2.84. The third-order valence-corrected chi connectivity index (χ3v) is 6.71. The number of likely N-dealkylation sites (tertiary alicyclic amines) is 1. The highest BCUT2D eigenvalue weighted by Gasteiger charge is 2.67. The van der Waals surface area contributed by atoms with Crippen molar-refractivity contribution < 1.29 is 14.4 Å². The van der Waals surface area contributed by atoms with Crippen molar-refractivity contribution in [3.05, 3.63) is 41.5 Å². The van der Waals surface area contributed by atoms with Crippen LogP contribution in [-0.4, -0.2) is 29.2 Å². The largest absolute Gasteiger partial charge is 0.324 e. The van der Waals surface area contributed by atoms with E-state index in [4.69, 9.17) is 0 Å². The van der Waals surface area contributed by atoms with Crippen LogP contribution < -0.4 is 5.32 Å². The number of benzene rings is 1. The summed E-state index contributed by atoms with van der Waals surface area (Å²) in [6.07, 6.45) is 5.43. The van der Waals surface area contributed by atoms with Crippen molar-refractivity contribution in [2.45, 2.75) is 20.3 Å². The van der Waals surface area contributed by atoms with E-state index < -0.39 is 0 Å². The molecular formula is C21H22N2O3. The molecule has 134 valence electrons. The van der Waals surface area contributed by atoms with Gasteiger partial charge in [0, 0.05) is 5.69 Å². The van der Waals surface area contributed by atoms with Gasteiger partial charge in [0.05, 0.1) is 11.8 Å². The van der Waals surface area contributed by atoms with Crippen LogP contribution in [0.4, 0.5) is 5.69 Å². The topological polar surface area (TPSA) is 66.5 Å². The molecule has 0 spiro atoms. The quantitative estimate of drug-likeness (QED) is 0.672. The summed E-state index contributed by atoms with van der Waals surface area (Å²) < 4.78 is 0. The van der Waals surface area contributed by atoms with Gasteiger partial charge in [-0.3, -0.25) is 19.3 Å². The van der Waals surface area contributed by atoms with Crippen molar-refractivity contribution in [3.63, 3.8) is 0 Å². The van der Waals surface area contributed by atoms with Crippen LogP contribution in [0, 0.1) is 49.4 Å². The number of allylic oxidation sites excluding steroid dienone is 2. The molecule has 5 aliphatic rings. The number of amides is 3. The second-order valence-electron chi connectivity index (χ2n) is 8.28. The van der Waals surface area contributed by atoms with E-state index in [2.05, 4.69) is 17.5 Å². The molecule has 26 heavy (non-hydrogen) atoms. The van der Waals surface area contributed by atoms with E-state index in [1.807, 2.05) is 32.0 Å². The molecular weight excluding hydrogens is 328 g/mol. The van der Waals surface area contributed by atoms with Crippen molar-refractivity contribution in [2.75, 3.05) is 11.9 Å². The molecule has 2 bridgehead atoms. The highest BCUT2D eigenvalue weighted by atomic mass is 16.2. The molecule has 1 heterocycles. The van der Waals surface area contributed by atoms with Crippen molar-refractivity contribution in [3.8, 4) is 0 Å². The van der Waals surface area contributed by atoms with Gasteiger partial charge >= 0.3 is 0 Å². The van der Waals surface area contributed by atoms with Gasteiger partial charge in [-0.25, -0.2) is 0 Å². The minimum Gasteiger partial charge on any atom is -0.324 e. The molecule has 0 radical (unpaired) electrons. The van der Waals surface area contributed by atoms with Crippen molar-refractivity contribution >= 4 is 23.4 Å². The average molecular weight is 350 g/mol. The summed E-state index contributed by atoms with van der Waals surface area (Å²) in [6.45, 7) is 3.74. The van der Waals surface area contributed by atoms with Crippen LogP contribution in [0.1, 0.15) is 17.5 Å². The first-order valence-corrected chi connectivity index (χ1v) is 9.36. The first kappa shape index (κ1) is 15.8. The molecule has 4 aliphatic carbocycles. The maximum Gasteiger partial charge on any atom is 0.244 e. The summed E-state index contributed by atoms with van der Waals surface area (Å²) in [7, 11) is 0. The first-order valence-electron chi connectivity index (χ1n) is 9.36. The molecule has 1 aromatic carbocycles. The molecule has 1 saturated heterocycles. The number of aryl methyl sites for hydroxylation is 2. The van der Waals surface area contributed by atoms with Gasteiger partial charge in [-0.2, -0.15) is 0 Å². The predicted octanol–water partition coefficient (Wildman–Crippen LogP) is 2.30. The molecule has 0 aromatic heterocycles. The number of carbonyl (C=O) groups excluding carboxylic acids is 3. The van der Waals surface area contributed by atoms with E-state index in [1.54, 1.807) is 0 Å². The highest BCUT2D eigenvalue weighted by Crippen LogP contribution is 2.65. The predicted molar refractivity (Wildman–Crippen MR) is 96.0 cm³/mol. The Bertz CT molecular complexity index is 838. The second-order valence-corrected chi connectivity index (χ2v) is 8.28. The minimum absolute atomic E-state index is 0.152. The van der Waals surface area contributed by atoms with Crippen LogP contribution in [0.3, 0.4) is 0 Å². The van der Waals surface area contributed by atoms with Crippen LogP contribution in [0.25, 0.3) is 0 Å². The third kappa shape index (κ3) is 2.12. The fourth-order valence-electron chi connectivity index (χ4n) is 5.46. The Morgan fingerprint density at radius 3 is 2.27 bits per heavy atom. The fraction of sp³-hybridized carbons (Fsp3) is 0.476. The lowest BCUT2D eigenvalue weighted by Crippen LogP contribution is -2.40. The summed E-state index contributed by atoms with van der Waals surface area (Å²) >= 11 is 0. The summed E-state index contributed by atoms with van der Waals surface area (Å²) in [6, 6.07) is 5.78. The normalized spacial score (nSPS) is 36.2. The standard InChI is InChI=1S/C21H22N2O3/c1-10-3-6-16(11(2)7-10)22-17(24)9-23-20(25)18-12-4-5-13(15-8-14(12)15)19(18)21(23)26/h3-7,12-15,18-19H,8-9H2,1-2H3,(H,22,24)/t12-,13-,14-,15+,18-,19+/m0/s1. The van der Waals surface area contributed by atoms with Crippen molar-refractivity contribution in [1.82, 2.24) is 4.90 Å². The van der Waals surface area contributed by atoms with E-state index in [-0.39, 0.29) is 47.9 Å². The van der Waals surface area contributed by atoms with E-state index in [9.17, 15) is 14.4 Å². The number of nitrogens with zero attached hydrogens (tertiary/aromatic N) is 1. The SMILES string of the molecule is Cc1ccc(NC(=O)CN2C(=O)[C@@H]3[C@H]4C=C[C@@H]([C@@H]5C[C@H]45)[C@@H]3C2=O)c(C)c1. The van der Waals surface area contributed by atoms with E-state index in [0.717, 1.165) is 23.2 Å². The highest BCUT2D eigenvalue weighted by molar-refractivity contribution is 6.09.